The highest BCUT2D eigenvalue weighted by Gasteiger charge is 2.33. The topological polar surface area (TPSA) is 23.5 Å². The molecule has 0 aliphatic heterocycles. The highest BCUT2D eigenvalue weighted by atomic mass is 16.3. The van der Waals surface area contributed by atoms with E-state index in [0.29, 0.717) is 6.04 Å². The molecule has 0 bridgehead atoms. The number of aliphatic hydroxyl groups is 1. The quantitative estimate of drug-likeness (QED) is 0.816. The molecule has 1 N–H and O–H groups in total. The predicted octanol–water partition coefficient (Wildman–Crippen LogP) is 2.67. The average molecular weight is 233 g/mol. The smallest absolute Gasteiger partial charge is 0.0584 e. The van der Waals surface area contributed by atoms with E-state index in [-0.39, 0.29) is 12.6 Å². The van der Waals surface area contributed by atoms with Crippen LogP contribution in [0.3, 0.4) is 0 Å². The minimum absolute atomic E-state index is 0.240. The van der Waals surface area contributed by atoms with Gasteiger partial charge in [-0.2, -0.15) is 0 Å². The van der Waals surface area contributed by atoms with E-state index in [1.54, 1.807) is 0 Å². The predicted molar refractivity (Wildman–Crippen MR) is 70.7 cm³/mol. The molecule has 1 fully saturated rings. The lowest BCUT2D eigenvalue weighted by Gasteiger charge is -2.34. The normalized spacial score (nSPS) is 19.3. The molecule has 1 saturated carbocycles. The molecule has 2 nitrogen and oxygen atoms in total. The summed E-state index contributed by atoms with van der Waals surface area (Å²) >= 11 is 0. The van der Waals surface area contributed by atoms with Crippen LogP contribution >= 0.6 is 0 Å². The van der Waals surface area contributed by atoms with Crippen molar-refractivity contribution in [3.05, 3.63) is 35.9 Å². The van der Waals surface area contributed by atoms with Crippen LogP contribution in [0.25, 0.3) is 0 Å². The van der Waals surface area contributed by atoms with Crippen molar-refractivity contribution in [3.8, 4) is 0 Å². The molecular formula is C15H23NO. The van der Waals surface area contributed by atoms with Gasteiger partial charge in [0.2, 0.25) is 0 Å². The van der Waals surface area contributed by atoms with E-state index < -0.39 is 0 Å². The van der Waals surface area contributed by atoms with Crippen molar-refractivity contribution in [1.29, 1.82) is 0 Å². The maximum atomic E-state index is 9.39. The molecule has 1 aliphatic carbocycles. The van der Waals surface area contributed by atoms with Crippen LogP contribution in [-0.4, -0.2) is 28.7 Å². The Morgan fingerprint density at radius 2 is 1.88 bits per heavy atom. The van der Waals surface area contributed by atoms with Gasteiger partial charge >= 0.3 is 0 Å². The first-order valence-corrected chi connectivity index (χ1v) is 6.63. The van der Waals surface area contributed by atoms with Gasteiger partial charge in [0, 0.05) is 18.6 Å². The van der Waals surface area contributed by atoms with Crippen molar-refractivity contribution in [1.82, 2.24) is 4.90 Å². The first-order valence-electron chi connectivity index (χ1n) is 6.63. The summed E-state index contributed by atoms with van der Waals surface area (Å²) in [5, 5.41) is 9.39. The van der Waals surface area contributed by atoms with E-state index in [9.17, 15) is 5.11 Å². The molecule has 0 saturated heterocycles. The van der Waals surface area contributed by atoms with Gasteiger partial charge in [-0.1, -0.05) is 30.3 Å². The largest absolute Gasteiger partial charge is 0.395 e. The number of hydrogen-bond acceptors (Lipinski definition) is 2. The monoisotopic (exact) mass is 233 g/mol. The minimum atomic E-state index is 0.240. The Hall–Kier alpha value is -0.860. The lowest BCUT2D eigenvalue weighted by atomic mass is 10.1. The molecule has 0 radical (unpaired) electrons. The summed E-state index contributed by atoms with van der Waals surface area (Å²) in [6.07, 6.45) is 2.70. The van der Waals surface area contributed by atoms with Crippen molar-refractivity contribution in [2.24, 2.45) is 5.92 Å². The van der Waals surface area contributed by atoms with E-state index in [2.05, 4.69) is 43.0 Å². The third-order valence-electron chi connectivity index (χ3n) is 3.87. The van der Waals surface area contributed by atoms with Crippen LogP contribution in [-0.2, 0) is 6.54 Å². The Labute approximate surface area is 104 Å². The number of nitrogens with zero attached hydrogens (tertiary/aromatic N) is 1. The molecule has 2 heteroatoms. The second kappa shape index (κ2) is 5.65. The summed E-state index contributed by atoms with van der Waals surface area (Å²) in [6, 6.07) is 11.4. The average Bonchev–Trinajstić information content (AvgIpc) is 3.20. The fourth-order valence-electron chi connectivity index (χ4n) is 2.45. The Balaban J connectivity index is 2.04. The van der Waals surface area contributed by atoms with Gasteiger partial charge in [-0.15, -0.1) is 0 Å². The summed E-state index contributed by atoms with van der Waals surface area (Å²) in [5.74, 6) is 0.840. The van der Waals surface area contributed by atoms with Crippen LogP contribution in [0.1, 0.15) is 32.3 Å². The molecule has 2 atom stereocenters. The van der Waals surface area contributed by atoms with Gasteiger partial charge in [0.25, 0.3) is 0 Å². The first-order chi connectivity index (χ1) is 8.22. The number of aliphatic hydroxyl groups excluding tert-OH is 1. The number of hydrogen-bond donors (Lipinski definition) is 1. The number of rotatable bonds is 6. The molecule has 2 unspecified atom stereocenters. The number of benzene rings is 1. The van der Waals surface area contributed by atoms with Gasteiger partial charge < -0.3 is 5.11 Å². The van der Waals surface area contributed by atoms with Gasteiger partial charge in [-0.3, -0.25) is 4.90 Å². The summed E-state index contributed by atoms with van der Waals surface area (Å²) in [6.45, 7) is 5.60. The molecule has 0 amide bonds. The molecule has 0 heterocycles. The van der Waals surface area contributed by atoms with Crippen molar-refractivity contribution in [2.75, 3.05) is 6.61 Å². The van der Waals surface area contributed by atoms with E-state index in [1.807, 2.05) is 6.07 Å². The fraction of sp³-hybridized carbons (Fsp3) is 0.600. The first kappa shape index (κ1) is 12.6. The van der Waals surface area contributed by atoms with Crippen LogP contribution < -0.4 is 0 Å². The molecule has 17 heavy (non-hydrogen) atoms. The molecule has 1 aliphatic rings. The third-order valence-corrected chi connectivity index (χ3v) is 3.87. The molecular weight excluding hydrogens is 210 g/mol. The second-order valence-electron chi connectivity index (χ2n) is 5.27. The zero-order valence-electron chi connectivity index (χ0n) is 10.8. The van der Waals surface area contributed by atoms with Gasteiger partial charge in [0.15, 0.2) is 0 Å². The molecule has 1 aromatic rings. The van der Waals surface area contributed by atoms with Crippen LogP contribution in [0.2, 0.25) is 0 Å². The zero-order chi connectivity index (χ0) is 12.3. The summed E-state index contributed by atoms with van der Waals surface area (Å²) in [7, 11) is 0. The van der Waals surface area contributed by atoms with Gasteiger partial charge in [-0.25, -0.2) is 0 Å². The van der Waals surface area contributed by atoms with Crippen molar-refractivity contribution in [3.63, 3.8) is 0 Å². The molecule has 94 valence electrons. The second-order valence-corrected chi connectivity index (χ2v) is 5.27. The molecule has 2 rings (SSSR count). The van der Waals surface area contributed by atoms with Gasteiger partial charge in [0.1, 0.15) is 0 Å². The van der Waals surface area contributed by atoms with Gasteiger partial charge in [0.05, 0.1) is 6.61 Å². The van der Waals surface area contributed by atoms with Crippen LogP contribution in [0.15, 0.2) is 30.3 Å². The Morgan fingerprint density at radius 1 is 1.24 bits per heavy atom. The van der Waals surface area contributed by atoms with Crippen LogP contribution in [0, 0.1) is 5.92 Å². The molecule has 1 aromatic carbocycles. The van der Waals surface area contributed by atoms with Crippen molar-refractivity contribution in [2.45, 2.75) is 45.3 Å². The standard InChI is InChI=1S/C15H23NO/c1-12(11-17)16(13(2)15-8-9-15)10-14-6-4-3-5-7-14/h3-7,12-13,15,17H,8-11H2,1-2H3. The summed E-state index contributed by atoms with van der Waals surface area (Å²) < 4.78 is 0. The maximum absolute atomic E-state index is 9.39. The lowest BCUT2D eigenvalue weighted by molar-refractivity contribution is 0.0829. The fourth-order valence-corrected chi connectivity index (χ4v) is 2.45. The highest BCUT2D eigenvalue weighted by molar-refractivity contribution is 5.15. The Bertz CT molecular complexity index is 334. The highest BCUT2D eigenvalue weighted by Crippen LogP contribution is 2.36. The van der Waals surface area contributed by atoms with E-state index in [4.69, 9.17) is 0 Å². The molecule has 0 spiro atoms. The van der Waals surface area contributed by atoms with Crippen LogP contribution in [0.5, 0.6) is 0 Å². The van der Waals surface area contributed by atoms with Crippen LogP contribution in [0.4, 0.5) is 0 Å². The lowest BCUT2D eigenvalue weighted by Crippen LogP contribution is -2.42. The maximum Gasteiger partial charge on any atom is 0.0584 e. The minimum Gasteiger partial charge on any atom is -0.395 e. The van der Waals surface area contributed by atoms with E-state index in [1.165, 1.54) is 18.4 Å². The van der Waals surface area contributed by atoms with Crippen molar-refractivity contribution < 1.29 is 5.11 Å². The Kier molecular flexibility index (Phi) is 4.19. The SMILES string of the molecule is CC(CO)N(Cc1ccccc1)C(C)C1CC1. The summed E-state index contributed by atoms with van der Waals surface area (Å²) in [5.41, 5.74) is 1.33. The molecule has 0 aromatic heterocycles. The Morgan fingerprint density at radius 3 is 2.41 bits per heavy atom. The summed E-state index contributed by atoms with van der Waals surface area (Å²) in [4.78, 5) is 2.44. The van der Waals surface area contributed by atoms with E-state index in [0.717, 1.165) is 12.5 Å². The van der Waals surface area contributed by atoms with Crippen molar-refractivity contribution >= 4 is 0 Å². The zero-order valence-corrected chi connectivity index (χ0v) is 10.8. The van der Waals surface area contributed by atoms with E-state index >= 15 is 0 Å². The van der Waals surface area contributed by atoms with Gasteiger partial charge in [-0.05, 0) is 38.2 Å². The third kappa shape index (κ3) is 3.30.